The molecule has 0 aliphatic heterocycles. The SMILES string of the molecule is CC(=O)Nc1cc(NC(=O)C2(c3ccc(C(C)(C)C)cc3)CC2)ccc1F. The van der Waals surface area contributed by atoms with E-state index in [0.717, 1.165) is 18.4 Å². The Morgan fingerprint density at radius 2 is 1.63 bits per heavy atom. The van der Waals surface area contributed by atoms with Gasteiger partial charge < -0.3 is 10.6 Å². The Hall–Kier alpha value is -2.69. The molecule has 0 heterocycles. The first-order chi connectivity index (χ1) is 12.6. The van der Waals surface area contributed by atoms with Crippen molar-refractivity contribution in [1.82, 2.24) is 0 Å². The largest absolute Gasteiger partial charge is 0.325 e. The molecule has 27 heavy (non-hydrogen) atoms. The Bertz CT molecular complexity index is 878. The highest BCUT2D eigenvalue weighted by atomic mass is 19.1. The average molecular weight is 368 g/mol. The molecular formula is C22H25FN2O2. The minimum Gasteiger partial charge on any atom is -0.325 e. The maximum atomic E-state index is 13.8. The van der Waals surface area contributed by atoms with E-state index in [2.05, 4.69) is 43.5 Å². The van der Waals surface area contributed by atoms with Crippen LogP contribution in [-0.4, -0.2) is 11.8 Å². The molecule has 0 atom stereocenters. The molecular weight excluding hydrogens is 343 g/mol. The fourth-order valence-electron chi connectivity index (χ4n) is 3.20. The lowest BCUT2D eigenvalue weighted by Gasteiger charge is -2.21. The standard InChI is InChI=1S/C22H25FN2O2/c1-14(26)24-19-13-17(9-10-18(19)23)25-20(27)22(11-12-22)16-7-5-15(6-8-16)21(2,3)4/h5-10,13H,11-12H2,1-4H3,(H,24,26)(H,25,27). The number of carbonyl (C=O) groups is 2. The number of halogens is 1. The van der Waals surface area contributed by atoms with Gasteiger partial charge in [0.1, 0.15) is 5.82 Å². The summed E-state index contributed by atoms with van der Waals surface area (Å²) in [6.07, 6.45) is 1.57. The molecule has 2 amide bonds. The molecule has 2 aromatic carbocycles. The molecule has 1 saturated carbocycles. The number of hydrogen-bond acceptors (Lipinski definition) is 2. The third-order valence-corrected chi connectivity index (χ3v) is 5.02. The first kappa shape index (κ1) is 19.1. The Balaban J connectivity index is 1.79. The van der Waals surface area contributed by atoms with Gasteiger partial charge in [-0.15, -0.1) is 0 Å². The summed E-state index contributed by atoms with van der Waals surface area (Å²) in [5, 5.41) is 5.30. The van der Waals surface area contributed by atoms with Gasteiger partial charge in [0.25, 0.3) is 0 Å². The zero-order valence-electron chi connectivity index (χ0n) is 16.2. The first-order valence-corrected chi connectivity index (χ1v) is 9.11. The Kier molecular flexibility index (Phi) is 4.81. The second kappa shape index (κ2) is 6.80. The van der Waals surface area contributed by atoms with Gasteiger partial charge in [0.2, 0.25) is 11.8 Å². The summed E-state index contributed by atoms with van der Waals surface area (Å²) in [6.45, 7) is 7.78. The molecule has 0 unspecified atom stereocenters. The molecule has 2 aromatic rings. The third-order valence-electron chi connectivity index (χ3n) is 5.02. The van der Waals surface area contributed by atoms with Gasteiger partial charge in [-0.2, -0.15) is 0 Å². The molecule has 3 rings (SSSR count). The quantitative estimate of drug-likeness (QED) is 0.818. The van der Waals surface area contributed by atoms with E-state index in [-0.39, 0.29) is 22.9 Å². The first-order valence-electron chi connectivity index (χ1n) is 9.11. The predicted octanol–water partition coefficient (Wildman–Crippen LogP) is 4.75. The maximum absolute atomic E-state index is 13.8. The van der Waals surface area contributed by atoms with Crippen molar-refractivity contribution in [2.24, 2.45) is 0 Å². The second-order valence-electron chi connectivity index (χ2n) is 8.24. The van der Waals surface area contributed by atoms with Crippen LogP contribution in [0.4, 0.5) is 15.8 Å². The van der Waals surface area contributed by atoms with Gasteiger partial charge in [0.15, 0.2) is 0 Å². The lowest BCUT2D eigenvalue weighted by Crippen LogP contribution is -2.28. The summed E-state index contributed by atoms with van der Waals surface area (Å²) in [5.74, 6) is -1.01. The molecule has 0 aromatic heterocycles. The lowest BCUT2D eigenvalue weighted by molar-refractivity contribution is -0.118. The van der Waals surface area contributed by atoms with Crippen LogP contribution >= 0.6 is 0 Å². The monoisotopic (exact) mass is 368 g/mol. The van der Waals surface area contributed by atoms with Gasteiger partial charge in [0, 0.05) is 12.6 Å². The van der Waals surface area contributed by atoms with Gasteiger partial charge in [-0.25, -0.2) is 4.39 Å². The van der Waals surface area contributed by atoms with Gasteiger partial charge in [-0.3, -0.25) is 9.59 Å². The molecule has 1 aliphatic carbocycles. The third kappa shape index (κ3) is 4.02. The zero-order valence-corrected chi connectivity index (χ0v) is 16.2. The number of benzene rings is 2. The van der Waals surface area contributed by atoms with Crippen molar-refractivity contribution in [3.8, 4) is 0 Å². The van der Waals surface area contributed by atoms with Crippen LogP contribution in [0.1, 0.15) is 51.7 Å². The van der Waals surface area contributed by atoms with E-state index in [9.17, 15) is 14.0 Å². The summed E-state index contributed by atoms with van der Waals surface area (Å²) in [7, 11) is 0. The minimum absolute atomic E-state index is 0.0553. The summed E-state index contributed by atoms with van der Waals surface area (Å²) in [6, 6.07) is 12.4. The number of rotatable bonds is 4. The van der Waals surface area contributed by atoms with E-state index in [4.69, 9.17) is 0 Å². The van der Waals surface area contributed by atoms with Crippen LogP contribution < -0.4 is 10.6 Å². The molecule has 1 fully saturated rings. The van der Waals surface area contributed by atoms with Crippen LogP contribution in [-0.2, 0) is 20.4 Å². The summed E-state index contributed by atoms with van der Waals surface area (Å²) < 4.78 is 13.8. The minimum atomic E-state index is -0.540. The van der Waals surface area contributed by atoms with Crippen LogP contribution in [0.5, 0.6) is 0 Å². The van der Waals surface area contributed by atoms with Gasteiger partial charge in [-0.1, -0.05) is 45.0 Å². The van der Waals surface area contributed by atoms with Gasteiger partial charge >= 0.3 is 0 Å². The predicted molar refractivity (Wildman–Crippen MR) is 105 cm³/mol. The topological polar surface area (TPSA) is 58.2 Å². The number of carbonyl (C=O) groups excluding carboxylic acids is 2. The molecule has 1 aliphatic rings. The van der Waals surface area contributed by atoms with Crippen LogP contribution in [0.3, 0.4) is 0 Å². The number of anilines is 2. The van der Waals surface area contributed by atoms with Crippen LogP contribution in [0.15, 0.2) is 42.5 Å². The molecule has 2 N–H and O–H groups in total. The Morgan fingerprint density at radius 3 is 2.15 bits per heavy atom. The summed E-state index contributed by atoms with van der Waals surface area (Å²) in [5.41, 5.74) is 2.27. The Labute approximate surface area is 159 Å². The van der Waals surface area contributed by atoms with Crippen molar-refractivity contribution in [1.29, 1.82) is 0 Å². The number of nitrogens with one attached hydrogen (secondary N) is 2. The van der Waals surface area contributed by atoms with Crippen molar-refractivity contribution in [3.63, 3.8) is 0 Å². The molecule has 0 saturated heterocycles. The normalized spacial score (nSPS) is 15.1. The van der Waals surface area contributed by atoms with Gasteiger partial charge in [0.05, 0.1) is 11.1 Å². The van der Waals surface area contributed by atoms with E-state index < -0.39 is 11.2 Å². The molecule has 0 spiro atoms. The highest BCUT2D eigenvalue weighted by Gasteiger charge is 2.51. The second-order valence-corrected chi connectivity index (χ2v) is 8.24. The Morgan fingerprint density at radius 1 is 1.00 bits per heavy atom. The van der Waals surface area contributed by atoms with Gasteiger partial charge in [-0.05, 0) is 47.6 Å². The van der Waals surface area contributed by atoms with E-state index in [1.807, 2.05) is 12.1 Å². The van der Waals surface area contributed by atoms with Crippen molar-refractivity contribution in [2.75, 3.05) is 10.6 Å². The van der Waals surface area contributed by atoms with E-state index >= 15 is 0 Å². The molecule has 142 valence electrons. The summed E-state index contributed by atoms with van der Waals surface area (Å²) in [4.78, 5) is 24.1. The fraction of sp³-hybridized carbons (Fsp3) is 0.364. The molecule has 0 radical (unpaired) electrons. The van der Waals surface area contributed by atoms with Crippen LogP contribution in [0.25, 0.3) is 0 Å². The van der Waals surface area contributed by atoms with Crippen molar-refractivity contribution < 1.29 is 14.0 Å². The molecule has 0 bridgehead atoms. The number of hydrogen-bond donors (Lipinski definition) is 2. The lowest BCUT2D eigenvalue weighted by atomic mass is 9.85. The highest BCUT2D eigenvalue weighted by Crippen LogP contribution is 2.49. The smallest absolute Gasteiger partial charge is 0.235 e. The molecule has 5 heteroatoms. The van der Waals surface area contributed by atoms with E-state index in [0.29, 0.717) is 5.69 Å². The van der Waals surface area contributed by atoms with Crippen LogP contribution in [0, 0.1) is 5.82 Å². The fourth-order valence-corrected chi connectivity index (χ4v) is 3.20. The average Bonchev–Trinajstić information content (AvgIpc) is 3.39. The highest BCUT2D eigenvalue weighted by molar-refractivity contribution is 6.02. The molecule has 4 nitrogen and oxygen atoms in total. The van der Waals surface area contributed by atoms with Crippen molar-refractivity contribution in [3.05, 3.63) is 59.4 Å². The van der Waals surface area contributed by atoms with Crippen LogP contribution in [0.2, 0.25) is 0 Å². The van der Waals surface area contributed by atoms with Crippen molar-refractivity contribution >= 4 is 23.2 Å². The van der Waals surface area contributed by atoms with E-state index in [1.54, 1.807) is 0 Å². The maximum Gasteiger partial charge on any atom is 0.235 e. The van der Waals surface area contributed by atoms with Crippen molar-refractivity contribution in [2.45, 2.75) is 51.4 Å². The van der Waals surface area contributed by atoms with E-state index in [1.165, 1.54) is 30.7 Å². The number of amides is 2. The summed E-state index contributed by atoms with van der Waals surface area (Å²) >= 11 is 0. The zero-order chi connectivity index (χ0) is 19.8.